The minimum atomic E-state index is 0.586. The van der Waals surface area contributed by atoms with Crippen LogP contribution in [0.2, 0.25) is 0 Å². The van der Waals surface area contributed by atoms with Gasteiger partial charge in [0.05, 0.1) is 0 Å². The molecule has 7 atom stereocenters. The van der Waals surface area contributed by atoms with Gasteiger partial charge in [-0.3, -0.25) is 0 Å². The van der Waals surface area contributed by atoms with Gasteiger partial charge in [-0.15, -0.1) is 0 Å². The minimum absolute atomic E-state index is 0.586. The van der Waals surface area contributed by atoms with Crippen molar-refractivity contribution in [1.29, 1.82) is 0 Å². The molecular weight excluding hydrogens is 601 g/mol. The summed E-state index contributed by atoms with van der Waals surface area (Å²) in [6.07, 6.45) is 31.9. The predicted molar refractivity (Wildman–Crippen MR) is 232 cm³/mol. The molecule has 0 N–H and O–H groups in total. The molecule has 7 unspecified atom stereocenters. The third kappa shape index (κ3) is 24.3. The lowest BCUT2D eigenvalue weighted by Crippen LogP contribution is -2.34. The Morgan fingerprint density at radius 1 is 0.420 bits per heavy atom. The molecule has 0 saturated heterocycles. The van der Waals surface area contributed by atoms with E-state index in [4.69, 9.17) is 0 Å². The van der Waals surface area contributed by atoms with Gasteiger partial charge < -0.3 is 0 Å². The molecule has 5 rings (SSSR count). The van der Waals surface area contributed by atoms with E-state index in [1.54, 1.807) is 0 Å². The van der Waals surface area contributed by atoms with Crippen LogP contribution >= 0.6 is 0 Å². The molecule has 0 aromatic carbocycles. The van der Waals surface area contributed by atoms with Crippen LogP contribution in [0.1, 0.15) is 252 Å². The van der Waals surface area contributed by atoms with Gasteiger partial charge in [0.2, 0.25) is 0 Å². The zero-order chi connectivity index (χ0) is 38.3. The summed E-state index contributed by atoms with van der Waals surface area (Å²) < 4.78 is 0. The van der Waals surface area contributed by atoms with E-state index in [1.165, 1.54) is 141 Å². The third-order valence-corrected chi connectivity index (χ3v) is 14.0. The second-order valence-electron chi connectivity index (χ2n) is 21.0. The highest BCUT2D eigenvalue weighted by Crippen LogP contribution is 2.50. The summed E-state index contributed by atoms with van der Waals surface area (Å²) in [5.74, 6) is 10.1. The molecule has 5 aliphatic rings. The molecule has 0 amide bonds. The number of rotatable bonds is 3. The van der Waals surface area contributed by atoms with Gasteiger partial charge in [0.1, 0.15) is 0 Å². The molecule has 302 valence electrons. The maximum Gasteiger partial charge on any atom is -0.0321 e. The first kappa shape index (κ1) is 50.0. The van der Waals surface area contributed by atoms with Crippen molar-refractivity contribution in [3.63, 3.8) is 0 Å². The van der Waals surface area contributed by atoms with E-state index in [-0.39, 0.29) is 0 Å². The van der Waals surface area contributed by atoms with Crippen LogP contribution < -0.4 is 0 Å². The van der Waals surface area contributed by atoms with Crippen molar-refractivity contribution in [2.45, 2.75) is 252 Å². The predicted octanol–water partition coefficient (Wildman–Crippen LogP) is 18.0. The van der Waals surface area contributed by atoms with E-state index in [9.17, 15) is 0 Å². The summed E-state index contributed by atoms with van der Waals surface area (Å²) >= 11 is 0. The minimum Gasteiger partial charge on any atom is -0.0656 e. The summed E-state index contributed by atoms with van der Waals surface area (Å²) in [4.78, 5) is 0. The Balaban J connectivity index is 0.000000592. The normalized spacial score (nSPS) is 37.9. The van der Waals surface area contributed by atoms with Crippen molar-refractivity contribution in [3.8, 4) is 0 Å². The highest BCUT2D eigenvalue weighted by atomic mass is 14.4. The molecule has 5 fully saturated rings. The molecule has 0 aromatic heterocycles. The van der Waals surface area contributed by atoms with Crippen LogP contribution in [0, 0.1) is 70.0 Å². The SMILES string of the molecule is CC1CCC(C)C(C)C1.CC1CCC(C)CC1.CC1CCCC(C)C1.CCC.CCC1(C)CC(C)CC(C)(C)C1.CCC1CCC(CC)CC1. The van der Waals surface area contributed by atoms with Gasteiger partial charge in [-0.1, -0.05) is 220 Å². The fraction of sp³-hybridized carbons (Fsp3) is 1.00. The van der Waals surface area contributed by atoms with Crippen LogP contribution in [0.3, 0.4) is 0 Å². The molecule has 0 radical (unpaired) electrons. The summed E-state index contributed by atoms with van der Waals surface area (Å²) in [6, 6.07) is 0. The van der Waals surface area contributed by atoms with Gasteiger partial charge in [0, 0.05) is 0 Å². The quantitative estimate of drug-likeness (QED) is 0.275. The third-order valence-electron chi connectivity index (χ3n) is 14.0. The smallest absolute Gasteiger partial charge is 0.0321 e. The standard InChI is InChI=1S/C12H24.C10H20.C9H18.2C8H16.C3H8/c1-6-12(5)8-10(2)7-11(3,4)9-12;1-3-9-5-7-10(4-2)8-6-9;1-7-4-5-8(2)9(3)6-7;1-7-3-5-8(2)6-4-7;1-7-4-3-5-8(2)6-7;1-3-2/h10H,6-9H2,1-5H3;9-10H,3-8H2,1-2H3;7-9H,4-6H2,1-3H3;2*7-8H,3-6H2,1-2H3;3H2,1-2H3. The molecule has 0 heteroatoms. The van der Waals surface area contributed by atoms with E-state index >= 15 is 0 Å². The van der Waals surface area contributed by atoms with Crippen molar-refractivity contribution in [2.24, 2.45) is 70.0 Å². The second-order valence-corrected chi connectivity index (χ2v) is 21.0. The van der Waals surface area contributed by atoms with Crippen molar-refractivity contribution in [3.05, 3.63) is 0 Å². The van der Waals surface area contributed by atoms with Crippen molar-refractivity contribution in [1.82, 2.24) is 0 Å². The summed E-state index contributed by atoms with van der Waals surface area (Å²) in [5.41, 5.74) is 1.21. The lowest BCUT2D eigenvalue weighted by Gasteiger charge is -2.45. The zero-order valence-electron chi connectivity index (χ0n) is 38.3. The Morgan fingerprint density at radius 3 is 1.12 bits per heavy atom. The van der Waals surface area contributed by atoms with Gasteiger partial charge in [-0.2, -0.15) is 0 Å². The van der Waals surface area contributed by atoms with E-state index in [0.29, 0.717) is 10.8 Å². The van der Waals surface area contributed by atoms with Crippen molar-refractivity contribution >= 4 is 0 Å². The van der Waals surface area contributed by atoms with Gasteiger partial charge in [0.25, 0.3) is 0 Å². The maximum atomic E-state index is 2.46. The molecule has 0 spiro atoms. The molecule has 5 aliphatic carbocycles. The van der Waals surface area contributed by atoms with Crippen LogP contribution in [-0.4, -0.2) is 0 Å². The number of hydrogen-bond donors (Lipinski definition) is 0. The monoisotopic (exact) mass is 703 g/mol. The Labute approximate surface area is 321 Å². The van der Waals surface area contributed by atoms with Crippen LogP contribution in [0.4, 0.5) is 0 Å². The first-order chi connectivity index (χ1) is 23.4. The van der Waals surface area contributed by atoms with E-state index < -0.39 is 0 Å². The van der Waals surface area contributed by atoms with Gasteiger partial charge >= 0.3 is 0 Å². The van der Waals surface area contributed by atoms with Crippen LogP contribution in [0.25, 0.3) is 0 Å². The molecule has 50 heavy (non-hydrogen) atoms. The Bertz CT molecular complexity index is 718. The molecule has 0 aromatic rings. The highest BCUT2D eigenvalue weighted by Gasteiger charge is 2.38. The summed E-state index contributed by atoms with van der Waals surface area (Å²) in [5, 5.41) is 0. The van der Waals surface area contributed by atoms with Crippen molar-refractivity contribution < 1.29 is 0 Å². The van der Waals surface area contributed by atoms with Gasteiger partial charge in [0.15, 0.2) is 0 Å². The summed E-state index contributed by atoms with van der Waals surface area (Å²) in [6.45, 7) is 37.6. The largest absolute Gasteiger partial charge is 0.0656 e. The fourth-order valence-electron chi connectivity index (χ4n) is 10.5. The summed E-state index contributed by atoms with van der Waals surface area (Å²) in [7, 11) is 0. The van der Waals surface area contributed by atoms with Crippen molar-refractivity contribution in [2.75, 3.05) is 0 Å². The Hall–Kier alpha value is 0. The molecule has 0 nitrogen and oxygen atoms in total. The average molecular weight is 703 g/mol. The second kappa shape index (κ2) is 27.6. The van der Waals surface area contributed by atoms with Crippen LogP contribution in [0.5, 0.6) is 0 Å². The van der Waals surface area contributed by atoms with E-state index in [1.807, 2.05) is 0 Å². The van der Waals surface area contributed by atoms with Crippen LogP contribution in [0.15, 0.2) is 0 Å². The zero-order valence-corrected chi connectivity index (χ0v) is 38.3. The highest BCUT2D eigenvalue weighted by molar-refractivity contribution is 4.89. The number of hydrogen-bond acceptors (Lipinski definition) is 0. The topological polar surface area (TPSA) is 0 Å². The molecule has 0 bridgehead atoms. The average Bonchev–Trinajstić information content (AvgIpc) is 3.05. The molecule has 0 heterocycles. The lowest BCUT2D eigenvalue weighted by molar-refractivity contribution is 0.0582. The lowest BCUT2D eigenvalue weighted by atomic mass is 9.60. The first-order valence-corrected chi connectivity index (χ1v) is 23.4. The first-order valence-electron chi connectivity index (χ1n) is 23.4. The molecule has 0 aliphatic heterocycles. The Kier molecular flexibility index (Phi) is 27.6. The molecular formula is C50H102. The van der Waals surface area contributed by atoms with E-state index in [2.05, 4.69) is 111 Å². The van der Waals surface area contributed by atoms with Crippen LogP contribution in [-0.2, 0) is 0 Å². The van der Waals surface area contributed by atoms with Gasteiger partial charge in [-0.05, 0) is 102 Å². The van der Waals surface area contributed by atoms with E-state index in [0.717, 1.165) is 59.2 Å². The van der Waals surface area contributed by atoms with Gasteiger partial charge in [-0.25, -0.2) is 0 Å². The maximum absolute atomic E-state index is 2.46. The Morgan fingerprint density at radius 2 is 0.820 bits per heavy atom. The fourth-order valence-corrected chi connectivity index (χ4v) is 10.5. The molecule has 5 saturated carbocycles.